The fourth-order valence-corrected chi connectivity index (χ4v) is 6.69. The smallest absolute Gasteiger partial charge is 0.138 e. The van der Waals surface area contributed by atoms with Crippen molar-refractivity contribution in [1.29, 1.82) is 0 Å². The minimum atomic E-state index is -0.116. The van der Waals surface area contributed by atoms with Crippen LogP contribution >= 0.6 is 0 Å². The van der Waals surface area contributed by atoms with Crippen LogP contribution in [0.3, 0.4) is 0 Å². The molecule has 0 atom stereocenters. The second-order valence-electron chi connectivity index (χ2n) is 10.8. The second-order valence-corrected chi connectivity index (χ2v) is 10.8. The molecule has 0 amide bonds. The lowest BCUT2D eigenvalue weighted by molar-refractivity contribution is 0.663. The molecule has 2 heterocycles. The van der Waals surface area contributed by atoms with Crippen molar-refractivity contribution in [2.75, 3.05) is 0 Å². The first kappa shape index (κ1) is 21.4. The summed E-state index contributed by atoms with van der Waals surface area (Å²) in [5, 5.41) is 3.71. The van der Waals surface area contributed by atoms with Crippen molar-refractivity contribution in [2.24, 2.45) is 0 Å². The number of rotatable bonds is 2. The van der Waals surface area contributed by atoms with Crippen LogP contribution in [0.2, 0.25) is 0 Å². The highest BCUT2D eigenvalue weighted by Gasteiger charge is 2.38. The SMILES string of the molecule is CC1(C)c2ccccc2-c2ccc3c4ccccc4n(-c4ccc5c(-c6ccccc6)cccc5n4)c3c21. The van der Waals surface area contributed by atoms with Gasteiger partial charge in [-0.3, -0.25) is 4.57 Å². The summed E-state index contributed by atoms with van der Waals surface area (Å²) in [6.07, 6.45) is 0. The molecular formula is C36H26N2. The van der Waals surface area contributed by atoms with Gasteiger partial charge in [-0.1, -0.05) is 111 Å². The molecule has 0 unspecified atom stereocenters. The van der Waals surface area contributed by atoms with E-state index in [9.17, 15) is 0 Å². The van der Waals surface area contributed by atoms with Crippen molar-refractivity contribution < 1.29 is 0 Å². The van der Waals surface area contributed by atoms with E-state index in [1.165, 1.54) is 60.6 Å². The molecule has 7 aromatic rings. The third kappa shape index (κ3) is 2.80. The van der Waals surface area contributed by atoms with Crippen LogP contribution < -0.4 is 0 Å². The Morgan fingerprint density at radius 1 is 0.553 bits per heavy atom. The topological polar surface area (TPSA) is 17.8 Å². The van der Waals surface area contributed by atoms with Gasteiger partial charge in [0.05, 0.1) is 16.6 Å². The molecule has 0 fully saturated rings. The highest BCUT2D eigenvalue weighted by atomic mass is 15.1. The Hall–Kier alpha value is -4.69. The number of para-hydroxylation sites is 1. The molecule has 1 aliphatic carbocycles. The lowest BCUT2D eigenvalue weighted by atomic mass is 9.81. The number of pyridine rings is 1. The van der Waals surface area contributed by atoms with E-state index >= 15 is 0 Å². The van der Waals surface area contributed by atoms with E-state index in [4.69, 9.17) is 4.98 Å². The summed E-state index contributed by atoms with van der Waals surface area (Å²) in [6.45, 7) is 4.72. The molecule has 0 N–H and O–H groups in total. The first-order valence-electron chi connectivity index (χ1n) is 13.2. The normalized spacial score (nSPS) is 13.7. The third-order valence-electron chi connectivity index (χ3n) is 8.38. The molecule has 38 heavy (non-hydrogen) atoms. The first-order chi connectivity index (χ1) is 18.6. The average Bonchev–Trinajstić information content (AvgIpc) is 3.42. The van der Waals surface area contributed by atoms with Gasteiger partial charge >= 0.3 is 0 Å². The van der Waals surface area contributed by atoms with Crippen molar-refractivity contribution in [2.45, 2.75) is 19.3 Å². The fourth-order valence-electron chi connectivity index (χ4n) is 6.69. The summed E-state index contributed by atoms with van der Waals surface area (Å²) in [7, 11) is 0. The number of fused-ring (bicyclic) bond motifs is 8. The Labute approximate surface area is 221 Å². The standard InChI is InChI=1S/C36H26N2/c1-36(2)30-16-8-6-13-25(30)28-19-20-29-27-14-7-9-18-32(27)38(35(29)34(28)36)33-22-21-26-24(15-10-17-31(26)37-33)23-11-4-3-5-12-23/h3-22H,1-2H3. The van der Waals surface area contributed by atoms with Gasteiger partial charge in [0.25, 0.3) is 0 Å². The van der Waals surface area contributed by atoms with Crippen LogP contribution in [0.1, 0.15) is 25.0 Å². The Balaban J connectivity index is 1.46. The van der Waals surface area contributed by atoms with E-state index in [1.54, 1.807) is 0 Å². The quantitative estimate of drug-likeness (QED) is 0.238. The van der Waals surface area contributed by atoms with Crippen molar-refractivity contribution >= 4 is 32.7 Å². The first-order valence-corrected chi connectivity index (χ1v) is 13.2. The van der Waals surface area contributed by atoms with Crippen LogP contribution in [-0.4, -0.2) is 9.55 Å². The van der Waals surface area contributed by atoms with E-state index < -0.39 is 0 Å². The van der Waals surface area contributed by atoms with Gasteiger partial charge in [0, 0.05) is 21.6 Å². The maximum Gasteiger partial charge on any atom is 0.138 e. The molecule has 2 nitrogen and oxygen atoms in total. The summed E-state index contributed by atoms with van der Waals surface area (Å²) < 4.78 is 2.39. The maximum atomic E-state index is 5.29. The highest BCUT2D eigenvalue weighted by molar-refractivity contribution is 6.13. The van der Waals surface area contributed by atoms with Crippen LogP contribution in [0.4, 0.5) is 0 Å². The van der Waals surface area contributed by atoms with E-state index in [1.807, 2.05) is 0 Å². The number of nitrogens with zero attached hydrogens (tertiary/aromatic N) is 2. The van der Waals surface area contributed by atoms with Gasteiger partial charge in [0.1, 0.15) is 5.82 Å². The van der Waals surface area contributed by atoms with Crippen LogP contribution in [0.5, 0.6) is 0 Å². The van der Waals surface area contributed by atoms with Crippen molar-refractivity contribution in [3.63, 3.8) is 0 Å². The van der Waals surface area contributed by atoms with Gasteiger partial charge in [-0.2, -0.15) is 0 Å². The van der Waals surface area contributed by atoms with Gasteiger partial charge in [-0.05, 0) is 57.6 Å². The van der Waals surface area contributed by atoms with Crippen LogP contribution in [0.25, 0.3) is 60.8 Å². The summed E-state index contributed by atoms with van der Waals surface area (Å²) in [6, 6.07) is 43.7. The average molecular weight is 487 g/mol. The van der Waals surface area contributed by atoms with Crippen LogP contribution in [0.15, 0.2) is 121 Å². The predicted molar refractivity (Wildman–Crippen MR) is 159 cm³/mol. The lowest BCUT2D eigenvalue weighted by Crippen LogP contribution is -2.16. The molecule has 1 aliphatic rings. The fraction of sp³-hybridized carbons (Fsp3) is 0.0833. The van der Waals surface area contributed by atoms with Crippen LogP contribution in [-0.2, 0) is 5.41 Å². The second kappa shape index (κ2) is 7.66. The van der Waals surface area contributed by atoms with Gasteiger partial charge in [0.2, 0.25) is 0 Å². The van der Waals surface area contributed by atoms with Gasteiger partial charge in [-0.15, -0.1) is 0 Å². The van der Waals surface area contributed by atoms with Crippen LogP contribution in [0, 0.1) is 0 Å². The van der Waals surface area contributed by atoms with E-state index in [0.717, 1.165) is 11.3 Å². The van der Waals surface area contributed by atoms with E-state index in [0.29, 0.717) is 0 Å². The molecule has 0 spiro atoms. The number of hydrogen-bond donors (Lipinski definition) is 0. The zero-order valence-corrected chi connectivity index (χ0v) is 21.4. The molecule has 2 aromatic heterocycles. The summed E-state index contributed by atoms with van der Waals surface area (Å²) in [5.74, 6) is 0.953. The number of hydrogen-bond acceptors (Lipinski definition) is 1. The number of benzene rings is 5. The van der Waals surface area contributed by atoms with Crippen molar-refractivity contribution in [3.8, 4) is 28.1 Å². The molecule has 0 aliphatic heterocycles. The Bertz CT molecular complexity index is 2040. The molecule has 0 bridgehead atoms. The van der Waals surface area contributed by atoms with Gasteiger partial charge in [-0.25, -0.2) is 4.98 Å². The van der Waals surface area contributed by atoms with Crippen molar-refractivity contribution in [3.05, 3.63) is 132 Å². The minimum Gasteiger partial charge on any atom is -0.293 e. The molecular weight excluding hydrogens is 460 g/mol. The molecule has 180 valence electrons. The zero-order valence-electron chi connectivity index (χ0n) is 21.4. The van der Waals surface area contributed by atoms with E-state index in [2.05, 4.69) is 140 Å². The Morgan fingerprint density at radius 3 is 2.18 bits per heavy atom. The Kier molecular flexibility index (Phi) is 4.31. The monoisotopic (exact) mass is 486 g/mol. The molecule has 5 aromatic carbocycles. The molecule has 0 radical (unpaired) electrons. The zero-order chi connectivity index (χ0) is 25.4. The van der Waals surface area contributed by atoms with E-state index in [-0.39, 0.29) is 5.41 Å². The minimum absolute atomic E-state index is 0.116. The summed E-state index contributed by atoms with van der Waals surface area (Å²) in [5.41, 5.74) is 11.2. The lowest BCUT2D eigenvalue weighted by Gasteiger charge is -2.23. The molecule has 0 saturated carbocycles. The van der Waals surface area contributed by atoms with Gasteiger partial charge in [0.15, 0.2) is 0 Å². The molecule has 0 saturated heterocycles. The maximum absolute atomic E-state index is 5.29. The Morgan fingerprint density at radius 2 is 1.29 bits per heavy atom. The number of aromatic nitrogens is 2. The van der Waals surface area contributed by atoms with Gasteiger partial charge < -0.3 is 0 Å². The van der Waals surface area contributed by atoms with Crippen molar-refractivity contribution in [1.82, 2.24) is 9.55 Å². The predicted octanol–water partition coefficient (Wildman–Crippen LogP) is 9.31. The third-order valence-corrected chi connectivity index (χ3v) is 8.38. The summed E-state index contributed by atoms with van der Waals surface area (Å²) >= 11 is 0. The molecule has 2 heteroatoms. The highest BCUT2D eigenvalue weighted by Crippen LogP contribution is 2.52. The largest absolute Gasteiger partial charge is 0.293 e. The molecule has 8 rings (SSSR count). The summed E-state index contributed by atoms with van der Waals surface area (Å²) in [4.78, 5) is 5.29.